The predicted octanol–water partition coefficient (Wildman–Crippen LogP) is 2.82. The van der Waals surface area contributed by atoms with E-state index in [1.165, 1.54) is 0 Å². The van der Waals surface area contributed by atoms with E-state index in [0.29, 0.717) is 5.69 Å². The summed E-state index contributed by atoms with van der Waals surface area (Å²) in [5.41, 5.74) is 0.670. The lowest BCUT2D eigenvalue weighted by atomic mass is 10.1. The molecule has 5 heteroatoms. The summed E-state index contributed by atoms with van der Waals surface area (Å²) in [6, 6.07) is 12.6. The number of benzene rings is 2. The molecule has 0 fully saturated rings. The summed E-state index contributed by atoms with van der Waals surface area (Å²) in [4.78, 5) is 22.2. The molecule has 2 aromatic carbocycles. The van der Waals surface area contributed by atoms with Crippen LogP contribution in [0.1, 0.15) is 13.3 Å². The molecule has 2 aromatic rings. The lowest BCUT2D eigenvalue weighted by Gasteiger charge is -2.13. The van der Waals surface area contributed by atoms with Gasteiger partial charge in [0, 0.05) is 11.7 Å². The minimum atomic E-state index is -0.941. The van der Waals surface area contributed by atoms with Gasteiger partial charge in [-0.3, -0.25) is 4.79 Å². The number of fused-ring (bicyclic) bond motifs is 1. The quantitative estimate of drug-likeness (QED) is 0.800. The summed E-state index contributed by atoms with van der Waals surface area (Å²) in [7, 11) is 0. The van der Waals surface area contributed by atoms with E-state index < -0.39 is 18.0 Å². The van der Waals surface area contributed by atoms with Crippen LogP contribution in [0.15, 0.2) is 42.5 Å². The topological polar surface area (TPSA) is 78.4 Å². The number of carboxylic acids is 1. The van der Waals surface area contributed by atoms with Crippen molar-refractivity contribution < 1.29 is 14.7 Å². The highest BCUT2D eigenvalue weighted by atomic mass is 16.4. The summed E-state index contributed by atoms with van der Waals surface area (Å²) in [5, 5.41) is 16.0. The fourth-order valence-electron chi connectivity index (χ4n) is 1.97. The van der Waals surface area contributed by atoms with E-state index in [4.69, 9.17) is 5.11 Å². The summed E-state index contributed by atoms with van der Waals surface area (Å²) in [6.07, 6.45) is -0.106. The van der Waals surface area contributed by atoms with Gasteiger partial charge in [0.05, 0.1) is 6.42 Å². The standard InChI is InChI=1S/C15H16N2O3/c1-10(8-14(18)19)16-15(20)17-13-7-6-11-4-2-3-5-12(11)9-13/h2-7,9-10H,8H2,1H3,(H,18,19)(H2,16,17,20). The Balaban J connectivity index is 2.00. The highest BCUT2D eigenvalue weighted by Gasteiger charge is 2.10. The van der Waals surface area contributed by atoms with Crippen LogP contribution in [0.25, 0.3) is 10.8 Å². The van der Waals surface area contributed by atoms with E-state index in [1.54, 1.807) is 6.92 Å². The van der Waals surface area contributed by atoms with Gasteiger partial charge in [0.1, 0.15) is 0 Å². The van der Waals surface area contributed by atoms with Crippen molar-refractivity contribution in [1.29, 1.82) is 0 Å². The molecule has 0 spiro atoms. The summed E-state index contributed by atoms with van der Waals surface area (Å²) in [6.45, 7) is 1.65. The predicted molar refractivity (Wildman–Crippen MR) is 77.8 cm³/mol. The van der Waals surface area contributed by atoms with Gasteiger partial charge in [-0.1, -0.05) is 30.3 Å². The molecule has 2 rings (SSSR count). The van der Waals surface area contributed by atoms with Crippen molar-refractivity contribution in [2.45, 2.75) is 19.4 Å². The SMILES string of the molecule is CC(CC(=O)O)NC(=O)Nc1ccc2ccccc2c1. The normalized spacial score (nSPS) is 11.8. The Hall–Kier alpha value is -2.56. The van der Waals surface area contributed by atoms with E-state index in [2.05, 4.69) is 10.6 Å². The first-order valence-corrected chi connectivity index (χ1v) is 6.33. The number of rotatable bonds is 4. The lowest BCUT2D eigenvalue weighted by Crippen LogP contribution is -2.37. The molecule has 1 unspecified atom stereocenters. The number of anilines is 1. The summed E-state index contributed by atoms with van der Waals surface area (Å²) < 4.78 is 0. The van der Waals surface area contributed by atoms with Gasteiger partial charge in [0.15, 0.2) is 0 Å². The highest BCUT2D eigenvalue weighted by Crippen LogP contribution is 2.18. The van der Waals surface area contributed by atoms with Crippen LogP contribution in [-0.4, -0.2) is 23.1 Å². The maximum Gasteiger partial charge on any atom is 0.319 e. The molecule has 0 saturated carbocycles. The van der Waals surface area contributed by atoms with Crippen molar-refractivity contribution in [2.75, 3.05) is 5.32 Å². The fraction of sp³-hybridized carbons (Fsp3) is 0.200. The van der Waals surface area contributed by atoms with Gasteiger partial charge < -0.3 is 15.7 Å². The molecular formula is C15H16N2O3. The Labute approximate surface area is 116 Å². The number of nitrogens with one attached hydrogen (secondary N) is 2. The van der Waals surface area contributed by atoms with Crippen molar-refractivity contribution in [1.82, 2.24) is 5.32 Å². The van der Waals surface area contributed by atoms with Crippen LogP contribution >= 0.6 is 0 Å². The first-order valence-electron chi connectivity index (χ1n) is 6.33. The van der Waals surface area contributed by atoms with E-state index in [-0.39, 0.29) is 6.42 Å². The third kappa shape index (κ3) is 3.71. The van der Waals surface area contributed by atoms with Crippen LogP contribution in [-0.2, 0) is 4.79 Å². The second kappa shape index (κ2) is 6.06. The minimum absolute atomic E-state index is 0.106. The first-order chi connectivity index (χ1) is 9.54. The molecule has 0 radical (unpaired) electrons. The van der Waals surface area contributed by atoms with Crippen molar-refractivity contribution in [3.63, 3.8) is 0 Å². The molecule has 1 atom stereocenters. The van der Waals surface area contributed by atoms with Crippen LogP contribution in [0.3, 0.4) is 0 Å². The van der Waals surface area contributed by atoms with Gasteiger partial charge in [0.25, 0.3) is 0 Å². The van der Waals surface area contributed by atoms with Crippen LogP contribution in [0.4, 0.5) is 10.5 Å². The molecular weight excluding hydrogens is 256 g/mol. The molecule has 0 bridgehead atoms. The number of urea groups is 1. The van der Waals surface area contributed by atoms with Crippen molar-refractivity contribution in [2.24, 2.45) is 0 Å². The van der Waals surface area contributed by atoms with E-state index >= 15 is 0 Å². The molecule has 104 valence electrons. The fourth-order valence-corrected chi connectivity index (χ4v) is 1.97. The maximum atomic E-state index is 11.7. The molecule has 0 heterocycles. The number of hydrogen-bond acceptors (Lipinski definition) is 2. The number of aliphatic carboxylic acids is 1. The molecule has 0 aromatic heterocycles. The van der Waals surface area contributed by atoms with Gasteiger partial charge in [-0.25, -0.2) is 4.79 Å². The number of carbonyl (C=O) groups excluding carboxylic acids is 1. The molecule has 0 aliphatic heterocycles. The molecule has 0 saturated heterocycles. The van der Waals surface area contributed by atoms with Crippen LogP contribution in [0.2, 0.25) is 0 Å². The molecule has 2 amide bonds. The van der Waals surface area contributed by atoms with Gasteiger partial charge in [-0.15, -0.1) is 0 Å². The van der Waals surface area contributed by atoms with Gasteiger partial charge in [0.2, 0.25) is 0 Å². The van der Waals surface area contributed by atoms with Crippen molar-refractivity contribution >= 4 is 28.5 Å². The minimum Gasteiger partial charge on any atom is -0.481 e. The number of carboxylic acid groups (broad SMARTS) is 1. The maximum absolute atomic E-state index is 11.7. The smallest absolute Gasteiger partial charge is 0.319 e. The zero-order valence-corrected chi connectivity index (χ0v) is 11.1. The van der Waals surface area contributed by atoms with Crippen LogP contribution in [0, 0.1) is 0 Å². The van der Waals surface area contributed by atoms with Crippen molar-refractivity contribution in [3.05, 3.63) is 42.5 Å². The lowest BCUT2D eigenvalue weighted by molar-refractivity contribution is -0.137. The largest absolute Gasteiger partial charge is 0.481 e. The summed E-state index contributed by atoms with van der Waals surface area (Å²) >= 11 is 0. The van der Waals surface area contributed by atoms with Gasteiger partial charge in [-0.05, 0) is 29.8 Å². The average Bonchev–Trinajstić information content (AvgIpc) is 2.37. The molecule has 0 aliphatic carbocycles. The van der Waals surface area contributed by atoms with E-state index in [1.807, 2.05) is 42.5 Å². The van der Waals surface area contributed by atoms with Crippen LogP contribution in [0.5, 0.6) is 0 Å². The van der Waals surface area contributed by atoms with E-state index in [0.717, 1.165) is 10.8 Å². The Bertz CT molecular complexity index is 640. The second-order valence-corrected chi connectivity index (χ2v) is 4.66. The molecule has 5 nitrogen and oxygen atoms in total. The Kier molecular flexibility index (Phi) is 4.20. The second-order valence-electron chi connectivity index (χ2n) is 4.66. The third-order valence-electron chi connectivity index (χ3n) is 2.87. The highest BCUT2D eigenvalue weighted by molar-refractivity contribution is 5.93. The van der Waals surface area contributed by atoms with E-state index in [9.17, 15) is 9.59 Å². The number of hydrogen-bond donors (Lipinski definition) is 3. The van der Waals surface area contributed by atoms with Crippen LogP contribution < -0.4 is 10.6 Å². The molecule has 20 heavy (non-hydrogen) atoms. The zero-order chi connectivity index (χ0) is 14.5. The Morgan fingerprint density at radius 3 is 2.55 bits per heavy atom. The number of carbonyl (C=O) groups is 2. The Morgan fingerprint density at radius 1 is 1.15 bits per heavy atom. The summed E-state index contributed by atoms with van der Waals surface area (Å²) in [5.74, 6) is -0.941. The first kappa shape index (κ1) is 13.9. The molecule has 3 N–H and O–H groups in total. The van der Waals surface area contributed by atoms with Gasteiger partial charge >= 0.3 is 12.0 Å². The zero-order valence-electron chi connectivity index (χ0n) is 11.1. The van der Waals surface area contributed by atoms with Gasteiger partial charge in [-0.2, -0.15) is 0 Å². The Morgan fingerprint density at radius 2 is 1.85 bits per heavy atom. The molecule has 0 aliphatic rings. The van der Waals surface area contributed by atoms with Crippen molar-refractivity contribution in [3.8, 4) is 0 Å². The number of amides is 2. The average molecular weight is 272 g/mol. The third-order valence-corrected chi connectivity index (χ3v) is 2.87. The monoisotopic (exact) mass is 272 g/mol.